The molecule has 1 unspecified atom stereocenters. The Labute approximate surface area is 131 Å². The number of hydrogen-bond acceptors (Lipinski definition) is 2. The lowest BCUT2D eigenvalue weighted by atomic mass is 10.0. The molecule has 0 saturated heterocycles. The molecule has 0 aromatic heterocycles. The highest BCUT2D eigenvalue weighted by Gasteiger charge is 1.97. The van der Waals surface area contributed by atoms with Crippen molar-refractivity contribution in [2.75, 3.05) is 6.61 Å². The molecule has 0 spiro atoms. The summed E-state index contributed by atoms with van der Waals surface area (Å²) in [6, 6.07) is 0. The number of esters is 1. The average Bonchev–Trinajstić information content (AvgIpc) is 2.45. The van der Waals surface area contributed by atoms with Crippen molar-refractivity contribution in [3.8, 4) is 0 Å². The maximum Gasteiger partial charge on any atom is 0.302 e. The van der Waals surface area contributed by atoms with Crippen molar-refractivity contribution in [2.24, 2.45) is 5.92 Å². The van der Waals surface area contributed by atoms with Crippen LogP contribution < -0.4 is 0 Å². The summed E-state index contributed by atoms with van der Waals surface area (Å²) in [5.41, 5.74) is 0. The van der Waals surface area contributed by atoms with Crippen LogP contribution in [-0.4, -0.2) is 12.6 Å². The molecule has 0 aromatic carbocycles. The molecule has 0 aliphatic heterocycles. The molecule has 21 heavy (non-hydrogen) atoms. The Balaban J connectivity index is 3.32. The zero-order chi connectivity index (χ0) is 15.8. The van der Waals surface area contributed by atoms with Crippen molar-refractivity contribution in [1.29, 1.82) is 0 Å². The molecular weight excluding hydrogens is 260 g/mol. The fourth-order valence-corrected chi connectivity index (χ4v) is 2.18. The number of carbonyl (C=O) groups excluding carboxylic acids is 1. The second kappa shape index (κ2) is 15.3. The smallest absolute Gasteiger partial charge is 0.302 e. The summed E-state index contributed by atoms with van der Waals surface area (Å²) in [4.78, 5) is 10.6. The summed E-state index contributed by atoms with van der Waals surface area (Å²) in [6.07, 6.45) is 19.9. The van der Waals surface area contributed by atoms with Crippen molar-refractivity contribution in [1.82, 2.24) is 0 Å². The maximum absolute atomic E-state index is 10.6. The Morgan fingerprint density at radius 2 is 1.71 bits per heavy atom. The van der Waals surface area contributed by atoms with Crippen molar-refractivity contribution in [3.05, 3.63) is 24.3 Å². The van der Waals surface area contributed by atoms with Gasteiger partial charge in [-0.25, -0.2) is 0 Å². The molecule has 122 valence electrons. The topological polar surface area (TPSA) is 26.3 Å². The summed E-state index contributed by atoms with van der Waals surface area (Å²) in [7, 11) is 0. The molecule has 0 radical (unpaired) electrons. The number of allylic oxidation sites excluding steroid dienone is 4. The van der Waals surface area contributed by atoms with Gasteiger partial charge in [0.2, 0.25) is 0 Å². The van der Waals surface area contributed by atoms with E-state index in [2.05, 4.69) is 38.2 Å². The molecule has 0 heterocycles. The summed E-state index contributed by atoms with van der Waals surface area (Å²) in [6.45, 7) is 6.55. The minimum atomic E-state index is -0.165. The van der Waals surface area contributed by atoms with E-state index in [0.29, 0.717) is 12.5 Å². The van der Waals surface area contributed by atoms with Crippen LogP contribution in [-0.2, 0) is 9.53 Å². The highest BCUT2D eigenvalue weighted by molar-refractivity contribution is 5.65. The van der Waals surface area contributed by atoms with E-state index in [1.165, 1.54) is 58.3 Å². The Hall–Kier alpha value is -1.05. The standard InChI is InChI=1S/C19H34O2/c1-4-5-6-9-12-15-18(2)16-13-10-7-8-11-14-17-21-19(3)20/h6,9,12,15,18H,4-5,7-8,10-11,13-14,16-17H2,1-3H3/b9-6+,15-12+. The number of carbonyl (C=O) groups is 1. The monoisotopic (exact) mass is 294 g/mol. The van der Waals surface area contributed by atoms with Gasteiger partial charge in [0.15, 0.2) is 0 Å². The Morgan fingerprint density at radius 3 is 2.38 bits per heavy atom. The van der Waals surface area contributed by atoms with Crippen LogP contribution in [0.3, 0.4) is 0 Å². The number of unbranched alkanes of at least 4 members (excludes halogenated alkanes) is 6. The van der Waals surface area contributed by atoms with Gasteiger partial charge >= 0.3 is 5.97 Å². The van der Waals surface area contributed by atoms with Crippen molar-refractivity contribution in [2.45, 2.75) is 78.6 Å². The predicted molar refractivity (Wildman–Crippen MR) is 91.3 cm³/mol. The lowest BCUT2D eigenvalue weighted by Gasteiger charge is -2.06. The lowest BCUT2D eigenvalue weighted by Crippen LogP contribution is -2.00. The summed E-state index contributed by atoms with van der Waals surface area (Å²) >= 11 is 0. The van der Waals surface area contributed by atoms with Crippen LogP contribution in [0.5, 0.6) is 0 Å². The van der Waals surface area contributed by atoms with E-state index in [1.54, 1.807) is 0 Å². The summed E-state index contributed by atoms with van der Waals surface area (Å²) in [5.74, 6) is 0.516. The Bertz CT molecular complexity index is 292. The quantitative estimate of drug-likeness (QED) is 0.243. The molecule has 0 N–H and O–H groups in total. The second-order valence-corrected chi connectivity index (χ2v) is 5.83. The van der Waals surface area contributed by atoms with E-state index in [1.807, 2.05) is 0 Å². The number of rotatable bonds is 13. The minimum absolute atomic E-state index is 0.165. The third kappa shape index (κ3) is 16.9. The molecule has 0 saturated carbocycles. The number of hydrogen-bond donors (Lipinski definition) is 0. The van der Waals surface area contributed by atoms with Crippen LogP contribution in [0.25, 0.3) is 0 Å². The first-order chi connectivity index (χ1) is 10.2. The molecule has 2 nitrogen and oxygen atoms in total. The van der Waals surface area contributed by atoms with E-state index in [-0.39, 0.29) is 5.97 Å². The van der Waals surface area contributed by atoms with Gasteiger partial charge in [-0.3, -0.25) is 4.79 Å². The fourth-order valence-electron chi connectivity index (χ4n) is 2.18. The molecule has 2 heteroatoms. The van der Waals surface area contributed by atoms with Gasteiger partial charge in [0, 0.05) is 6.92 Å². The van der Waals surface area contributed by atoms with Crippen LogP contribution >= 0.6 is 0 Å². The Kier molecular flexibility index (Phi) is 14.6. The first kappa shape index (κ1) is 19.9. The highest BCUT2D eigenvalue weighted by Crippen LogP contribution is 2.13. The first-order valence-electron chi connectivity index (χ1n) is 8.63. The largest absolute Gasteiger partial charge is 0.466 e. The van der Waals surface area contributed by atoms with Gasteiger partial charge < -0.3 is 4.74 Å². The molecule has 0 fully saturated rings. The van der Waals surface area contributed by atoms with Gasteiger partial charge in [-0.05, 0) is 25.2 Å². The molecule has 0 aromatic rings. The molecular formula is C19H34O2. The van der Waals surface area contributed by atoms with Crippen LogP contribution in [0.15, 0.2) is 24.3 Å². The first-order valence-corrected chi connectivity index (χ1v) is 8.63. The molecule has 0 bridgehead atoms. The zero-order valence-electron chi connectivity index (χ0n) is 14.3. The average molecular weight is 294 g/mol. The van der Waals surface area contributed by atoms with Crippen LogP contribution in [0, 0.1) is 5.92 Å². The van der Waals surface area contributed by atoms with Crippen LogP contribution in [0.2, 0.25) is 0 Å². The van der Waals surface area contributed by atoms with E-state index in [0.717, 1.165) is 6.42 Å². The maximum atomic E-state index is 10.6. The van der Waals surface area contributed by atoms with Gasteiger partial charge in [-0.1, -0.05) is 76.7 Å². The molecule has 1 atom stereocenters. The van der Waals surface area contributed by atoms with Gasteiger partial charge in [-0.2, -0.15) is 0 Å². The summed E-state index contributed by atoms with van der Waals surface area (Å²) in [5, 5.41) is 0. The normalized spacial score (nSPS) is 13.1. The van der Waals surface area contributed by atoms with Crippen LogP contribution in [0.1, 0.15) is 78.6 Å². The predicted octanol–water partition coefficient (Wildman–Crippen LogP) is 5.83. The van der Waals surface area contributed by atoms with Gasteiger partial charge in [0.1, 0.15) is 0 Å². The molecule has 0 amide bonds. The van der Waals surface area contributed by atoms with E-state index in [9.17, 15) is 4.79 Å². The Morgan fingerprint density at radius 1 is 1.05 bits per heavy atom. The van der Waals surface area contributed by atoms with E-state index < -0.39 is 0 Å². The zero-order valence-corrected chi connectivity index (χ0v) is 14.3. The number of ether oxygens (including phenoxy) is 1. The van der Waals surface area contributed by atoms with Gasteiger partial charge in [0.05, 0.1) is 6.61 Å². The lowest BCUT2D eigenvalue weighted by molar-refractivity contribution is -0.141. The van der Waals surface area contributed by atoms with Crippen molar-refractivity contribution >= 4 is 5.97 Å². The second-order valence-electron chi connectivity index (χ2n) is 5.83. The van der Waals surface area contributed by atoms with Crippen molar-refractivity contribution in [3.63, 3.8) is 0 Å². The SMILES string of the molecule is CCC/C=C/C=C/C(C)CCCCCCCCOC(C)=O. The molecule has 0 aliphatic rings. The third-order valence-corrected chi connectivity index (χ3v) is 3.50. The van der Waals surface area contributed by atoms with Gasteiger partial charge in [-0.15, -0.1) is 0 Å². The van der Waals surface area contributed by atoms with E-state index in [4.69, 9.17) is 4.74 Å². The van der Waals surface area contributed by atoms with Gasteiger partial charge in [0.25, 0.3) is 0 Å². The van der Waals surface area contributed by atoms with Crippen molar-refractivity contribution < 1.29 is 9.53 Å². The van der Waals surface area contributed by atoms with Crippen LogP contribution in [0.4, 0.5) is 0 Å². The molecule has 0 rings (SSSR count). The fraction of sp³-hybridized carbons (Fsp3) is 0.737. The molecule has 0 aliphatic carbocycles. The minimum Gasteiger partial charge on any atom is -0.466 e. The third-order valence-electron chi connectivity index (χ3n) is 3.50. The highest BCUT2D eigenvalue weighted by atomic mass is 16.5. The van der Waals surface area contributed by atoms with E-state index >= 15 is 0 Å². The summed E-state index contributed by atoms with van der Waals surface area (Å²) < 4.78 is 4.91.